The summed E-state index contributed by atoms with van der Waals surface area (Å²) in [4.78, 5) is 0. The van der Waals surface area contributed by atoms with Gasteiger partial charge in [-0.15, -0.1) is 11.6 Å². The fourth-order valence-electron chi connectivity index (χ4n) is 2.55. The van der Waals surface area contributed by atoms with Gasteiger partial charge in [0, 0.05) is 18.8 Å². The highest BCUT2D eigenvalue weighted by molar-refractivity contribution is 9.10. The normalized spacial score (nSPS) is 14.1. The first-order valence-electron chi connectivity index (χ1n) is 7.07. The van der Waals surface area contributed by atoms with Gasteiger partial charge in [0.25, 0.3) is 0 Å². The third-order valence-corrected chi connectivity index (χ3v) is 4.95. The van der Waals surface area contributed by atoms with Crippen molar-refractivity contribution in [2.24, 2.45) is 0 Å². The van der Waals surface area contributed by atoms with Crippen LogP contribution in [0.2, 0.25) is 0 Å². The van der Waals surface area contributed by atoms with Crippen molar-refractivity contribution in [2.75, 3.05) is 5.88 Å². The van der Waals surface area contributed by atoms with Gasteiger partial charge in [-0.1, -0.05) is 30.3 Å². The summed E-state index contributed by atoms with van der Waals surface area (Å²) >= 11 is 9.52. The van der Waals surface area contributed by atoms with Crippen molar-refractivity contribution in [2.45, 2.75) is 38.8 Å². The lowest BCUT2D eigenvalue weighted by Crippen LogP contribution is -2.30. The number of rotatable bonds is 6. The van der Waals surface area contributed by atoms with Gasteiger partial charge in [0.1, 0.15) is 0 Å². The summed E-state index contributed by atoms with van der Waals surface area (Å²) in [5.41, 5.74) is 1.85. The second kappa shape index (κ2) is 6.95. The fraction of sp³-hybridized carbons (Fsp3) is 0.438. The van der Waals surface area contributed by atoms with Crippen LogP contribution in [-0.2, 0) is 18.6 Å². The lowest BCUT2D eigenvalue weighted by atomic mass is 9.86. The number of aryl methyl sites for hydroxylation is 2. The highest BCUT2D eigenvalue weighted by Gasteiger charge is 2.31. The van der Waals surface area contributed by atoms with E-state index in [1.165, 1.54) is 0 Å². The van der Waals surface area contributed by atoms with Crippen molar-refractivity contribution >= 4 is 27.5 Å². The number of nitrogens with zero attached hydrogens (tertiary/aromatic N) is 2. The minimum absolute atomic E-state index is 0.405. The van der Waals surface area contributed by atoms with Crippen molar-refractivity contribution in [3.8, 4) is 0 Å². The molecular weight excluding hydrogens is 352 g/mol. The molecule has 0 aliphatic rings. The Bertz CT molecular complexity index is 600. The van der Waals surface area contributed by atoms with Gasteiger partial charge >= 0.3 is 0 Å². The molecule has 0 spiro atoms. The second-order valence-electron chi connectivity index (χ2n) is 5.18. The van der Waals surface area contributed by atoms with Crippen molar-refractivity contribution in [3.63, 3.8) is 0 Å². The van der Waals surface area contributed by atoms with Gasteiger partial charge in [-0.2, -0.15) is 5.10 Å². The molecule has 0 radical (unpaired) electrons. The molecule has 5 heteroatoms. The van der Waals surface area contributed by atoms with Gasteiger partial charge in [-0.3, -0.25) is 4.68 Å². The van der Waals surface area contributed by atoms with E-state index in [0.717, 1.165) is 28.0 Å². The van der Waals surface area contributed by atoms with Crippen LogP contribution in [-0.4, -0.2) is 20.8 Å². The Labute approximate surface area is 139 Å². The van der Waals surface area contributed by atoms with Crippen LogP contribution in [0.3, 0.4) is 0 Å². The van der Waals surface area contributed by atoms with Crippen LogP contribution in [0.25, 0.3) is 0 Å². The summed E-state index contributed by atoms with van der Waals surface area (Å²) in [6, 6.07) is 9.71. The summed E-state index contributed by atoms with van der Waals surface area (Å²) in [6.45, 7) is 4.78. The van der Waals surface area contributed by atoms with Gasteiger partial charge in [0.15, 0.2) is 0 Å². The molecule has 0 aliphatic carbocycles. The summed E-state index contributed by atoms with van der Waals surface area (Å²) in [7, 11) is 0. The molecule has 1 heterocycles. The Morgan fingerprint density at radius 3 is 2.57 bits per heavy atom. The standard InChI is InChI=1S/C16H20BrClN2O/c1-3-20-14(15(17)12(2)19-20)11-16(21,9-10-18)13-7-5-4-6-8-13/h4-8,21H,3,9-11H2,1-2H3. The zero-order valence-electron chi connectivity index (χ0n) is 12.3. The Morgan fingerprint density at radius 1 is 1.33 bits per heavy atom. The number of alkyl halides is 1. The minimum atomic E-state index is -0.981. The summed E-state index contributed by atoms with van der Waals surface area (Å²) in [5.74, 6) is 0.405. The van der Waals surface area contributed by atoms with Crippen molar-refractivity contribution < 1.29 is 5.11 Å². The summed E-state index contributed by atoms with van der Waals surface area (Å²) in [6.07, 6.45) is 0.984. The van der Waals surface area contributed by atoms with Gasteiger partial charge in [-0.05, 0) is 41.8 Å². The number of halogens is 2. The van der Waals surface area contributed by atoms with E-state index in [0.29, 0.717) is 18.7 Å². The maximum absolute atomic E-state index is 11.1. The number of hydrogen-bond acceptors (Lipinski definition) is 2. The van der Waals surface area contributed by atoms with E-state index in [9.17, 15) is 5.11 Å². The predicted octanol–water partition coefficient (Wildman–Crippen LogP) is 4.03. The van der Waals surface area contributed by atoms with Gasteiger partial charge in [0.05, 0.1) is 21.5 Å². The maximum Gasteiger partial charge on any atom is 0.0963 e. The van der Waals surface area contributed by atoms with Gasteiger partial charge in [-0.25, -0.2) is 0 Å². The van der Waals surface area contributed by atoms with E-state index in [1.54, 1.807) is 0 Å². The van der Waals surface area contributed by atoms with Crippen molar-refractivity contribution in [1.29, 1.82) is 0 Å². The number of hydrogen-bond donors (Lipinski definition) is 1. The molecule has 0 aliphatic heterocycles. The zero-order chi connectivity index (χ0) is 15.5. The monoisotopic (exact) mass is 370 g/mol. The highest BCUT2D eigenvalue weighted by atomic mass is 79.9. The van der Waals surface area contributed by atoms with Crippen LogP contribution >= 0.6 is 27.5 Å². The van der Waals surface area contributed by atoms with E-state index in [-0.39, 0.29) is 0 Å². The SMILES string of the molecule is CCn1nc(C)c(Br)c1CC(O)(CCCl)c1ccccc1. The molecule has 3 nitrogen and oxygen atoms in total. The van der Waals surface area contributed by atoms with Crippen LogP contribution in [0, 0.1) is 6.92 Å². The van der Waals surface area contributed by atoms with E-state index in [4.69, 9.17) is 11.6 Å². The van der Waals surface area contributed by atoms with Crippen molar-refractivity contribution in [1.82, 2.24) is 9.78 Å². The zero-order valence-corrected chi connectivity index (χ0v) is 14.7. The molecule has 0 saturated heterocycles. The van der Waals surface area contributed by atoms with E-state index in [2.05, 4.69) is 21.0 Å². The number of aliphatic hydroxyl groups is 1. The maximum atomic E-state index is 11.1. The van der Waals surface area contributed by atoms with Crippen LogP contribution in [0.5, 0.6) is 0 Å². The highest BCUT2D eigenvalue weighted by Crippen LogP contribution is 2.33. The van der Waals surface area contributed by atoms with Crippen molar-refractivity contribution in [3.05, 3.63) is 51.8 Å². The third-order valence-electron chi connectivity index (χ3n) is 3.73. The summed E-state index contributed by atoms with van der Waals surface area (Å²) in [5, 5.41) is 15.6. The lowest BCUT2D eigenvalue weighted by molar-refractivity contribution is 0.0314. The topological polar surface area (TPSA) is 38.0 Å². The molecule has 0 bridgehead atoms. The molecule has 0 amide bonds. The summed E-state index contributed by atoms with van der Waals surface area (Å²) < 4.78 is 2.90. The quantitative estimate of drug-likeness (QED) is 0.778. The van der Waals surface area contributed by atoms with Crippen LogP contribution in [0.4, 0.5) is 0 Å². The second-order valence-corrected chi connectivity index (χ2v) is 6.35. The predicted molar refractivity (Wildman–Crippen MR) is 89.7 cm³/mol. The molecule has 1 unspecified atom stereocenters. The Kier molecular flexibility index (Phi) is 5.47. The largest absolute Gasteiger partial charge is 0.385 e. The Hall–Kier alpha value is -0.840. The van der Waals surface area contributed by atoms with Gasteiger partial charge in [0.2, 0.25) is 0 Å². The molecular formula is C16H20BrClN2O. The minimum Gasteiger partial charge on any atom is -0.385 e. The lowest BCUT2D eigenvalue weighted by Gasteiger charge is -2.28. The average Bonchev–Trinajstić information content (AvgIpc) is 2.76. The third kappa shape index (κ3) is 3.50. The first-order chi connectivity index (χ1) is 10.0. The van der Waals surface area contributed by atoms with Crippen LogP contribution in [0.15, 0.2) is 34.8 Å². The molecule has 1 aromatic heterocycles. The first-order valence-corrected chi connectivity index (χ1v) is 8.40. The van der Waals surface area contributed by atoms with E-state index in [1.807, 2.05) is 48.9 Å². The Balaban J connectivity index is 2.41. The molecule has 1 atom stereocenters. The number of benzene rings is 1. The molecule has 0 fully saturated rings. The average molecular weight is 372 g/mol. The van der Waals surface area contributed by atoms with Gasteiger partial charge < -0.3 is 5.11 Å². The molecule has 1 aromatic carbocycles. The fourth-order valence-corrected chi connectivity index (χ4v) is 3.29. The van der Waals surface area contributed by atoms with Crippen LogP contribution < -0.4 is 0 Å². The van der Waals surface area contributed by atoms with E-state index >= 15 is 0 Å². The molecule has 2 rings (SSSR count). The molecule has 21 heavy (non-hydrogen) atoms. The Morgan fingerprint density at radius 2 is 2.00 bits per heavy atom. The van der Waals surface area contributed by atoms with Crippen LogP contribution in [0.1, 0.15) is 30.3 Å². The van der Waals surface area contributed by atoms with E-state index < -0.39 is 5.60 Å². The molecule has 114 valence electrons. The molecule has 0 saturated carbocycles. The molecule has 2 aromatic rings. The first kappa shape index (κ1) is 16.5. The number of aromatic nitrogens is 2. The molecule has 1 N–H and O–H groups in total. The smallest absolute Gasteiger partial charge is 0.0963 e.